The molecule has 0 unspecified atom stereocenters. The fourth-order valence-electron chi connectivity index (χ4n) is 3.52. The van der Waals surface area contributed by atoms with Crippen molar-refractivity contribution >= 4 is 23.2 Å². The van der Waals surface area contributed by atoms with E-state index in [9.17, 15) is 23.2 Å². The van der Waals surface area contributed by atoms with E-state index in [1.165, 1.54) is 28.9 Å². The molecule has 0 aliphatic heterocycles. The van der Waals surface area contributed by atoms with Gasteiger partial charge >= 0.3 is 0 Å². The van der Waals surface area contributed by atoms with Crippen LogP contribution in [0.5, 0.6) is 0 Å². The molecule has 0 spiro atoms. The SMILES string of the molecule is Cc1c(NC(=O)c2cccc(NC(=O)c3cc(F)cc(F)c3)c2)c(=O)n(-c2ccccc2)n1C. The largest absolute Gasteiger partial charge is 0.322 e. The summed E-state index contributed by atoms with van der Waals surface area (Å²) in [5.41, 5.74) is 1.16. The highest BCUT2D eigenvalue weighted by Gasteiger charge is 2.19. The number of aromatic nitrogens is 2. The molecule has 0 aliphatic carbocycles. The van der Waals surface area contributed by atoms with Gasteiger partial charge in [-0.3, -0.25) is 19.1 Å². The zero-order valence-electron chi connectivity index (χ0n) is 18.3. The van der Waals surface area contributed by atoms with Crippen LogP contribution in [0.2, 0.25) is 0 Å². The number of nitrogens with zero attached hydrogens (tertiary/aromatic N) is 2. The van der Waals surface area contributed by atoms with Crippen LogP contribution in [0.15, 0.2) is 77.6 Å². The van der Waals surface area contributed by atoms with E-state index in [1.54, 1.807) is 42.9 Å². The lowest BCUT2D eigenvalue weighted by atomic mass is 10.1. The van der Waals surface area contributed by atoms with Crippen molar-refractivity contribution in [2.24, 2.45) is 7.05 Å². The van der Waals surface area contributed by atoms with Crippen molar-refractivity contribution in [2.75, 3.05) is 10.6 Å². The number of carbonyl (C=O) groups excluding carboxylic acids is 2. The number of nitrogens with one attached hydrogen (secondary N) is 2. The van der Waals surface area contributed by atoms with Gasteiger partial charge < -0.3 is 10.6 Å². The van der Waals surface area contributed by atoms with Crippen LogP contribution in [0.1, 0.15) is 26.4 Å². The Morgan fingerprint density at radius 1 is 0.794 bits per heavy atom. The smallest absolute Gasteiger partial charge is 0.295 e. The van der Waals surface area contributed by atoms with Crippen LogP contribution in [0.3, 0.4) is 0 Å². The molecule has 2 N–H and O–H groups in total. The molecule has 1 heterocycles. The van der Waals surface area contributed by atoms with Gasteiger partial charge in [0.1, 0.15) is 17.3 Å². The first-order chi connectivity index (χ1) is 16.2. The summed E-state index contributed by atoms with van der Waals surface area (Å²) < 4.78 is 29.9. The van der Waals surface area contributed by atoms with Crippen LogP contribution in [0, 0.1) is 18.6 Å². The van der Waals surface area contributed by atoms with Crippen LogP contribution < -0.4 is 16.2 Å². The maximum Gasteiger partial charge on any atom is 0.295 e. The third-order valence-electron chi connectivity index (χ3n) is 5.30. The molecule has 7 nitrogen and oxygen atoms in total. The maximum atomic E-state index is 13.4. The Labute approximate surface area is 193 Å². The van der Waals surface area contributed by atoms with E-state index >= 15 is 0 Å². The number of rotatable bonds is 5. The molecule has 0 saturated carbocycles. The molecule has 172 valence electrons. The van der Waals surface area contributed by atoms with E-state index in [0.717, 1.165) is 12.1 Å². The van der Waals surface area contributed by atoms with E-state index in [-0.39, 0.29) is 22.5 Å². The average Bonchev–Trinajstić information content (AvgIpc) is 3.02. The molecule has 0 bridgehead atoms. The molecule has 3 aromatic carbocycles. The highest BCUT2D eigenvalue weighted by Crippen LogP contribution is 2.18. The van der Waals surface area contributed by atoms with Gasteiger partial charge in [-0.15, -0.1) is 0 Å². The zero-order valence-corrected chi connectivity index (χ0v) is 18.3. The molecular formula is C25H20F2N4O3. The Balaban J connectivity index is 1.57. The van der Waals surface area contributed by atoms with Gasteiger partial charge in [0.25, 0.3) is 17.4 Å². The minimum atomic E-state index is -0.877. The second-order valence-electron chi connectivity index (χ2n) is 7.58. The number of benzene rings is 3. The Hall–Kier alpha value is -4.53. The van der Waals surface area contributed by atoms with Crippen molar-refractivity contribution in [1.82, 2.24) is 9.36 Å². The Morgan fingerprint density at radius 2 is 1.44 bits per heavy atom. The third-order valence-corrected chi connectivity index (χ3v) is 5.30. The molecule has 0 saturated heterocycles. The molecule has 0 atom stereocenters. The zero-order chi connectivity index (χ0) is 24.4. The number of amides is 2. The highest BCUT2D eigenvalue weighted by molar-refractivity contribution is 6.07. The van der Waals surface area contributed by atoms with Crippen molar-refractivity contribution in [1.29, 1.82) is 0 Å². The number of anilines is 2. The molecule has 0 radical (unpaired) electrons. The van der Waals surface area contributed by atoms with E-state index in [1.807, 2.05) is 6.07 Å². The average molecular weight is 462 g/mol. The molecule has 4 aromatic rings. The van der Waals surface area contributed by atoms with Gasteiger partial charge in [0.2, 0.25) is 0 Å². The first-order valence-electron chi connectivity index (χ1n) is 10.3. The molecular weight excluding hydrogens is 442 g/mol. The quantitative estimate of drug-likeness (QED) is 0.465. The van der Waals surface area contributed by atoms with Crippen molar-refractivity contribution in [3.8, 4) is 5.69 Å². The number of halogens is 2. The summed E-state index contributed by atoms with van der Waals surface area (Å²) in [6, 6.07) is 17.5. The number of hydrogen-bond donors (Lipinski definition) is 2. The topological polar surface area (TPSA) is 85.1 Å². The van der Waals surface area contributed by atoms with Crippen molar-refractivity contribution in [3.05, 3.63) is 112 Å². The molecule has 1 aromatic heterocycles. The van der Waals surface area contributed by atoms with Gasteiger partial charge in [-0.25, -0.2) is 13.5 Å². The Bertz CT molecular complexity index is 1440. The molecule has 9 heteroatoms. The minimum absolute atomic E-state index is 0.126. The molecule has 34 heavy (non-hydrogen) atoms. The van der Waals surface area contributed by atoms with Crippen LogP contribution >= 0.6 is 0 Å². The lowest BCUT2D eigenvalue weighted by Crippen LogP contribution is -2.23. The van der Waals surface area contributed by atoms with E-state index in [0.29, 0.717) is 17.4 Å². The third kappa shape index (κ3) is 4.49. The van der Waals surface area contributed by atoms with Gasteiger partial charge in [-0.1, -0.05) is 24.3 Å². The molecule has 0 fully saturated rings. The first-order valence-corrected chi connectivity index (χ1v) is 10.3. The summed E-state index contributed by atoms with van der Waals surface area (Å²) in [6.07, 6.45) is 0. The van der Waals surface area contributed by atoms with Gasteiger partial charge in [-0.05, 0) is 49.4 Å². The van der Waals surface area contributed by atoms with Crippen molar-refractivity contribution < 1.29 is 18.4 Å². The lowest BCUT2D eigenvalue weighted by Gasteiger charge is -2.08. The molecule has 4 rings (SSSR count). The van der Waals surface area contributed by atoms with Crippen LogP contribution in [-0.2, 0) is 7.05 Å². The number of carbonyl (C=O) groups is 2. The maximum absolute atomic E-state index is 13.4. The number of para-hydroxylation sites is 1. The van der Waals surface area contributed by atoms with Crippen molar-refractivity contribution in [2.45, 2.75) is 6.92 Å². The van der Waals surface area contributed by atoms with Crippen LogP contribution in [0.4, 0.5) is 20.2 Å². The van der Waals surface area contributed by atoms with E-state index in [2.05, 4.69) is 10.6 Å². The summed E-state index contributed by atoms with van der Waals surface area (Å²) in [5.74, 6) is -3.05. The monoisotopic (exact) mass is 462 g/mol. The summed E-state index contributed by atoms with van der Waals surface area (Å²) in [7, 11) is 1.71. The predicted octanol–water partition coefficient (Wildman–Crippen LogP) is 4.27. The minimum Gasteiger partial charge on any atom is -0.322 e. The predicted molar refractivity (Wildman–Crippen MR) is 124 cm³/mol. The molecule has 0 aliphatic rings. The van der Waals surface area contributed by atoms with Crippen LogP contribution in [0.25, 0.3) is 5.69 Å². The summed E-state index contributed by atoms with van der Waals surface area (Å²) in [6.45, 7) is 1.71. The summed E-state index contributed by atoms with van der Waals surface area (Å²) in [5, 5.41) is 5.15. The van der Waals surface area contributed by atoms with Crippen molar-refractivity contribution in [3.63, 3.8) is 0 Å². The van der Waals surface area contributed by atoms with Gasteiger partial charge in [-0.2, -0.15) is 0 Å². The van der Waals surface area contributed by atoms with E-state index in [4.69, 9.17) is 0 Å². The normalized spacial score (nSPS) is 10.7. The number of hydrogen-bond acceptors (Lipinski definition) is 3. The van der Waals surface area contributed by atoms with E-state index < -0.39 is 29.0 Å². The summed E-state index contributed by atoms with van der Waals surface area (Å²) >= 11 is 0. The van der Waals surface area contributed by atoms with Gasteiger partial charge in [0, 0.05) is 29.9 Å². The molecule has 2 amide bonds. The first kappa shape index (κ1) is 22.7. The van der Waals surface area contributed by atoms with Crippen LogP contribution in [-0.4, -0.2) is 21.2 Å². The van der Waals surface area contributed by atoms with Gasteiger partial charge in [0.05, 0.1) is 11.4 Å². The summed E-state index contributed by atoms with van der Waals surface area (Å²) in [4.78, 5) is 38.3. The Kier molecular flexibility index (Phi) is 6.09. The highest BCUT2D eigenvalue weighted by atomic mass is 19.1. The second-order valence-corrected chi connectivity index (χ2v) is 7.58. The fraction of sp³-hybridized carbons (Fsp3) is 0.0800. The Morgan fingerprint density at radius 3 is 2.12 bits per heavy atom. The van der Waals surface area contributed by atoms with Gasteiger partial charge in [0.15, 0.2) is 0 Å². The second kappa shape index (κ2) is 9.14. The lowest BCUT2D eigenvalue weighted by molar-refractivity contribution is 0.101. The fourth-order valence-corrected chi connectivity index (χ4v) is 3.52. The standard InChI is InChI=1S/C25H20F2N4O3/c1-15-22(25(34)31(30(15)2)21-9-4-3-5-10-21)29-23(32)16-7-6-8-20(13-16)28-24(33)17-11-18(26)14-19(27)12-17/h3-14H,1-2H3,(H,28,33)(H,29,32).